The lowest BCUT2D eigenvalue weighted by molar-refractivity contribution is 0.0917. The predicted octanol–water partition coefficient (Wildman–Crippen LogP) is 5.59. The minimum absolute atomic E-state index is 0.00883. The topological polar surface area (TPSA) is 39.1 Å². The molecule has 0 saturated carbocycles. The maximum atomic E-state index is 12.7. The molecule has 3 aromatic rings. The second kappa shape index (κ2) is 7.71. The molecule has 0 amide bonds. The fraction of sp³-hybridized carbons (Fsp3) is 0.182. The van der Waals surface area contributed by atoms with E-state index in [1.807, 2.05) is 66.9 Å². The Morgan fingerprint density at radius 3 is 2.15 bits per heavy atom. The van der Waals surface area contributed by atoms with Crippen molar-refractivity contribution < 1.29 is 9.59 Å². The van der Waals surface area contributed by atoms with Crippen LogP contribution in [0.3, 0.4) is 0 Å². The molecule has 0 spiro atoms. The summed E-state index contributed by atoms with van der Waals surface area (Å²) >= 11 is 5.96. The maximum absolute atomic E-state index is 12.7. The van der Waals surface area contributed by atoms with Gasteiger partial charge in [-0.1, -0.05) is 41.9 Å². The SMILES string of the molecule is Cc1cc(C(=O)CCC(=O)c2ccccc2)c(C)n1-c1ccc(Cl)cc1. The predicted molar refractivity (Wildman–Crippen MR) is 105 cm³/mol. The molecule has 26 heavy (non-hydrogen) atoms. The van der Waals surface area contributed by atoms with E-state index in [1.54, 1.807) is 12.1 Å². The number of ketones is 2. The van der Waals surface area contributed by atoms with E-state index in [-0.39, 0.29) is 24.4 Å². The molecule has 0 saturated heterocycles. The second-order valence-corrected chi connectivity index (χ2v) is 6.75. The lowest BCUT2D eigenvalue weighted by Crippen LogP contribution is -2.07. The van der Waals surface area contributed by atoms with Gasteiger partial charge in [0.05, 0.1) is 0 Å². The maximum Gasteiger partial charge on any atom is 0.165 e. The Labute approximate surface area is 158 Å². The van der Waals surface area contributed by atoms with Gasteiger partial charge in [-0.05, 0) is 44.2 Å². The third-order valence-electron chi connectivity index (χ3n) is 4.49. The first-order valence-corrected chi connectivity index (χ1v) is 8.91. The van der Waals surface area contributed by atoms with Crippen molar-refractivity contribution in [2.45, 2.75) is 26.7 Å². The Balaban J connectivity index is 1.77. The fourth-order valence-corrected chi connectivity index (χ4v) is 3.29. The van der Waals surface area contributed by atoms with Gasteiger partial charge in [0.1, 0.15) is 0 Å². The highest BCUT2D eigenvalue weighted by atomic mass is 35.5. The van der Waals surface area contributed by atoms with Crippen LogP contribution in [0, 0.1) is 13.8 Å². The molecule has 3 rings (SSSR count). The van der Waals surface area contributed by atoms with Crippen LogP contribution in [0.1, 0.15) is 44.9 Å². The van der Waals surface area contributed by atoms with Crippen LogP contribution < -0.4 is 0 Å². The molecule has 0 aliphatic rings. The molecule has 1 heterocycles. The Hall–Kier alpha value is -2.65. The van der Waals surface area contributed by atoms with E-state index in [2.05, 4.69) is 0 Å². The van der Waals surface area contributed by atoms with E-state index in [9.17, 15) is 9.59 Å². The molecule has 0 bridgehead atoms. The quantitative estimate of drug-likeness (QED) is 0.534. The minimum Gasteiger partial charge on any atom is -0.318 e. The molecule has 2 aromatic carbocycles. The number of nitrogens with zero attached hydrogens (tertiary/aromatic N) is 1. The number of benzene rings is 2. The summed E-state index contributed by atoms with van der Waals surface area (Å²) in [4.78, 5) is 24.9. The number of carbonyl (C=O) groups is 2. The first-order chi connectivity index (χ1) is 12.5. The van der Waals surface area contributed by atoms with Crippen molar-refractivity contribution >= 4 is 23.2 Å². The molecular formula is C22H20ClNO2. The molecule has 0 aliphatic heterocycles. The van der Waals surface area contributed by atoms with Crippen LogP contribution in [0.15, 0.2) is 60.7 Å². The van der Waals surface area contributed by atoms with Crippen molar-refractivity contribution in [1.82, 2.24) is 4.57 Å². The number of carbonyl (C=O) groups excluding carboxylic acids is 2. The number of hydrogen-bond acceptors (Lipinski definition) is 2. The summed E-state index contributed by atoms with van der Waals surface area (Å²) in [6.07, 6.45) is 0.423. The Bertz CT molecular complexity index is 940. The van der Waals surface area contributed by atoms with Crippen LogP contribution in [0.25, 0.3) is 5.69 Å². The molecule has 3 nitrogen and oxygen atoms in total. The van der Waals surface area contributed by atoms with Crippen LogP contribution in [0.4, 0.5) is 0 Å². The number of halogens is 1. The largest absolute Gasteiger partial charge is 0.318 e. The molecule has 132 valence electrons. The van der Waals surface area contributed by atoms with Crippen molar-refractivity contribution in [2.75, 3.05) is 0 Å². The summed E-state index contributed by atoms with van der Waals surface area (Å²) in [7, 11) is 0. The van der Waals surface area contributed by atoms with Gasteiger partial charge in [-0.2, -0.15) is 0 Å². The lowest BCUT2D eigenvalue weighted by Gasteiger charge is -2.10. The third-order valence-corrected chi connectivity index (χ3v) is 4.74. The number of Topliss-reactive ketones (excluding diaryl/α,β-unsaturated/α-hetero) is 2. The molecule has 0 radical (unpaired) electrons. The second-order valence-electron chi connectivity index (χ2n) is 6.31. The van der Waals surface area contributed by atoms with Crippen LogP contribution in [-0.4, -0.2) is 16.1 Å². The molecule has 4 heteroatoms. The first kappa shape index (κ1) is 18.2. The number of hydrogen-bond donors (Lipinski definition) is 0. The summed E-state index contributed by atoms with van der Waals surface area (Å²) in [5, 5.41) is 0.673. The molecule has 0 atom stereocenters. The number of aryl methyl sites for hydroxylation is 1. The van der Waals surface area contributed by atoms with E-state index in [4.69, 9.17) is 11.6 Å². The van der Waals surface area contributed by atoms with Crippen molar-refractivity contribution in [1.29, 1.82) is 0 Å². The van der Waals surface area contributed by atoms with Crippen LogP contribution in [-0.2, 0) is 0 Å². The standard InChI is InChI=1S/C22H20ClNO2/c1-15-14-20(16(2)24(15)19-10-8-18(23)9-11-19)22(26)13-12-21(25)17-6-4-3-5-7-17/h3-11,14H,12-13H2,1-2H3. The van der Waals surface area contributed by atoms with E-state index < -0.39 is 0 Å². The zero-order chi connectivity index (χ0) is 18.7. The van der Waals surface area contributed by atoms with E-state index in [1.165, 1.54) is 0 Å². The molecule has 0 fully saturated rings. The van der Waals surface area contributed by atoms with E-state index in [0.717, 1.165) is 17.1 Å². The fourth-order valence-electron chi connectivity index (χ4n) is 3.16. The first-order valence-electron chi connectivity index (χ1n) is 8.53. The molecule has 1 aromatic heterocycles. The zero-order valence-corrected chi connectivity index (χ0v) is 15.6. The average Bonchev–Trinajstić information content (AvgIpc) is 2.95. The Morgan fingerprint density at radius 2 is 1.50 bits per heavy atom. The van der Waals surface area contributed by atoms with Gasteiger partial charge < -0.3 is 4.57 Å². The van der Waals surface area contributed by atoms with Gasteiger partial charge in [0.2, 0.25) is 0 Å². The highest BCUT2D eigenvalue weighted by molar-refractivity contribution is 6.30. The highest BCUT2D eigenvalue weighted by Gasteiger charge is 2.18. The van der Waals surface area contributed by atoms with E-state index in [0.29, 0.717) is 16.1 Å². The van der Waals surface area contributed by atoms with Crippen molar-refractivity contribution in [3.63, 3.8) is 0 Å². The smallest absolute Gasteiger partial charge is 0.165 e. The Morgan fingerprint density at radius 1 is 0.885 bits per heavy atom. The van der Waals surface area contributed by atoms with Gasteiger partial charge in [0.15, 0.2) is 11.6 Å². The average molecular weight is 366 g/mol. The third kappa shape index (κ3) is 3.78. The molecule has 0 unspecified atom stereocenters. The summed E-state index contributed by atoms with van der Waals surface area (Å²) < 4.78 is 2.03. The van der Waals surface area contributed by atoms with Crippen molar-refractivity contribution in [3.05, 3.63) is 88.2 Å². The van der Waals surface area contributed by atoms with Gasteiger partial charge in [-0.3, -0.25) is 9.59 Å². The molecule has 0 N–H and O–H groups in total. The summed E-state index contributed by atoms with van der Waals surface area (Å²) in [5.74, 6) is -0.0203. The number of aromatic nitrogens is 1. The normalized spacial score (nSPS) is 10.7. The number of rotatable bonds is 6. The van der Waals surface area contributed by atoms with Gasteiger partial charge in [0.25, 0.3) is 0 Å². The van der Waals surface area contributed by atoms with Crippen molar-refractivity contribution in [3.8, 4) is 5.69 Å². The summed E-state index contributed by atoms with van der Waals surface area (Å²) in [5.41, 5.74) is 4.12. The zero-order valence-electron chi connectivity index (χ0n) is 14.8. The Kier molecular flexibility index (Phi) is 5.38. The van der Waals surface area contributed by atoms with Crippen LogP contribution in [0.5, 0.6) is 0 Å². The molecular weight excluding hydrogens is 346 g/mol. The monoisotopic (exact) mass is 365 g/mol. The minimum atomic E-state index is -0.0115. The highest BCUT2D eigenvalue weighted by Crippen LogP contribution is 2.23. The van der Waals surface area contributed by atoms with Gasteiger partial charge in [-0.15, -0.1) is 0 Å². The van der Waals surface area contributed by atoms with E-state index >= 15 is 0 Å². The van der Waals surface area contributed by atoms with Crippen LogP contribution >= 0.6 is 11.6 Å². The molecule has 0 aliphatic carbocycles. The lowest BCUT2D eigenvalue weighted by atomic mass is 10.0. The van der Waals surface area contributed by atoms with Gasteiger partial charge in [0, 0.05) is 46.1 Å². The van der Waals surface area contributed by atoms with Crippen LogP contribution in [0.2, 0.25) is 5.02 Å². The van der Waals surface area contributed by atoms with Crippen molar-refractivity contribution in [2.24, 2.45) is 0 Å². The summed E-state index contributed by atoms with van der Waals surface area (Å²) in [6.45, 7) is 3.89. The summed E-state index contributed by atoms with van der Waals surface area (Å²) in [6, 6.07) is 18.5. The van der Waals surface area contributed by atoms with Gasteiger partial charge >= 0.3 is 0 Å². The van der Waals surface area contributed by atoms with Gasteiger partial charge in [-0.25, -0.2) is 0 Å².